The molecule has 5 aromatic rings. The summed E-state index contributed by atoms with van der Waals surface area (Å²) >= 11 is 1.47. The fourth-order valence-corrected chi connectivity index (χ4v) is 6.95. The lowest BCUT2D eigenvalue weighted by atomic mass is 10.0. The number of nitrogens with zero attached hydrogens (tertiary/aromatic N) is 4. The van der Waals surface area contributed by atoms with Gasteiger partial charge in [0.1, 0.15) is 5.75 Å². The number of aromatic hydroxyl groups is 1. The number of benzene rings is 4. The maximum Gasteiger partial charge on any atom is 0.224 e. The smallest absolute Gasteiger partial charge is 0.224 e. The van der Waals surface area contributed by atoms with Crippen LogP contribution in [0.15, 0.2) is 102 Å². The van der Waals surface area contributed by atoms with Crippen LogP contribution in [0.4, 0.5) is 11.4 Å². The van der Waals surface area contributed by atoms with Gasteiger partial charge in [0.15, 0.2) is 6.29 Å². The number of thioether (sulfide) groups is 1. The van der Waals surface area contributed by atoms with Crippen LogP contribution in [0.25, 0.3) is 5.69 Å². The van der Waals surface area contributed by atoms with Crippen LogP contribution in [0, 0.1) is 0 Å². The number of rotatable bonds is 17. The van der Waals surface area contributed by atoms with Gasteiger partial charge in [0.05, 0.1) is 35.9 Å². The molecule has 1 saturated heterocycles. The van der Waals surface area contributed by atoms with Gasteiger partial charge in [-0.1, -0.05) is 85.3 Å². The number of aliphatic hydroxyl groups excluding tert-OH is 1. The third kappa shape index (κ3) is 10.9. The number of carbonyl (C=O) groups is 2. The van der Waals surface area contributed by atoms with Crippen molar-refractivity contribution >= 4 is 35.0 Å². The largest absolute Gasteiger partial charge is 0.508 e. The van der Waals surface area contributed by atoms with Crippen molar-refractivity contribution in [3.63, 3.8) is 0 Å². The number of aliphatic hydroxyl groups is 1. The summed E-state index contributed by atoms with van der Waals surface area (Å²) in [5, 5.41) is 37.9. The van der Waals surface area contributed by atoms with Crippen molar-refractivity contribution in [3.05, 3.63) is 119 Å². The molecule has 13 nitrogen and oxygen atoms in total. The van der Waals surface area contributed by atoms with E-state index in [1.54, 1.807) is 41.1 Å². The Morgan fingerprint density at radius 1 is 0.833 bits per heavy atom. The molecule has 1 aliphatic heterocycles. The number of aromatic nitrogens is 4. The monoisotopic (exact) mass is 751 g/mol. The molecule has 0 bridgehead atoms. The molecule has 14 heteroatoms. The van der Waals surface area contributed by atoms with Gasteiger partial charge in [-0.3, -0.25) is 9.59 Å². The summed E-state index contributed by atoms with van der Waals surface area (Å²) in [4.78, 5) is 24.8. The highest BCUT2D eigenvalue weighted by Gasteiger charge is 2.32. The molecule has 1 aliphatic rings. The van der Waals surface area contributed by atoms with Crippen molar-refractivity contribution in [2.75, 3.05) is 16.8 Å². The van der Waals surface area contributed by atoms with E-state index in [0.29, 0.717) is 48.1 Å². The number of anilines is 2. The molecule has 3 atom stereocenters. The zero-order valence-corrected chi connectivity index (χ0v) is 30.7. The molecule has 0 saturated carbocycles. The summed E-state index contributed by atoms with van der Waals surface area (Å²) in [5.74, 6) is 0.648. The van der Waals surface area contributed by atoms with Gasteiger partial charge < -0.3 is 36.1 Å². The molecule has 0 spiro atoms. The van der Waals surface area contributed by atoms with E-state index < -0.39 is 6.29 Å². The minimum atomic E-state index is -0.633. The maximum atomic E-state index is 12.5. The Labute approximate surface area is 318 Å². The Kier molecular flexibility index (Phi) is 13.6. The minimum Gasteiger partial charge on any atom is -0.508 e. The summed E-state index contributed by atoms with van der Waals surface area (Å²) in [6.45, 7) is 0.372. The van der Waals surface area contributed by atoms with Crippen molar-refractivity contribution in [2.45, 2.75) is 81.8 Å². The van der Waals surface area contributed by atoms with E-state index in [4.69, 9.17) is 15.2 Å². The number of nitrogen functional groups attached to an aromatic ring is 1. The topological polar surface area (TPSA) is 187 Å². The van der Waals surface area contributed by atoms with E-state index in [2.05, 4.69) is 26.2 Å². The van der Waals surface area contributed by atoms with Gasteiger partial charge in [-0.2, -0.15) is 4.68 Å². The average Bonchev–Trinajstić information content (AvgIpc) is 3.67. The van der Waals surface area contributed by atoms with Crippen LogP contribution < -0.4 is 16.4 Å². The predicted molar refractivity (Wildman–Crippen MR) is 205 cm³/mol. The number of tetrazole rings is 1. The molecule has 1 fully saturated rings. The van der Waals surface area contributed by atoms with Gasteiger partial charge in [0.2, 0.25) is 17.0 Å². The molecule has 0 unspecified atom stereocenters. The second-order valence-electron chi connectivity index (χ2n) is 13.1. The summed E-state index contributed by atoms with van der Waals surface area (Å²) in [7, 11) is 0. The van der Waals surface area contributed by atoms with E-state index in [0.717, 1.165) is 53.6 Å². The van der Waals surface area contributed by atoms with Gasteiger partial charge in [-0.25, -0.2) is 0 Å². The van der Waals surface area contributed by atoms with E-state index in [1.165, 1.54) is 11.8 Å². The second kappa shape index (κ2) is 19.2. The number of unbranched alkanes of at least 4 members (excludes halogenated alkanes) is 3. The minimum absolute atomic E-state index is 0.0119. The van der Waals surface area contributed by atoms with E-state index in [1.807, 2.05) is 60.7 Å². The number of hydrogen-bond acceptors (Lipinski definition) is 11. The Bertz CT molecular complexity index is 1960. The Hall–Kier alpha value is -5.28. The number of nitrogens with one attached hydrogen (secondary N) is 2. The Morgan fingerprint density at radius 2 is 1.52 bits per heavy atom. The molecule has 6 N–H and O–H groups in total. The van der Waals surface area contributed by atoms with E-state index in [-0.39, 0.29) is 36.4 Å². The molecule has 1 aromatic heterocycles. The van der Waals surface area contributed by atoms with Gasteiger partial charge in [-0.15, -0.1) is 5.10 Å². The molecular weight excluding hydrogens is 707 g/mol. The average molecular weight is 752 g/mol. The number of phenols is 1. The third-order valence-electron chi connectivity index (χ3n) is 9.08. The molecule has 54 heavy (non-hydrogen) atoms. The first-order chi connectivity index (χ1) is 26.3. The van der Waals surface area contributed by atoms with Crippen LogP contribution in [0.1, 0.15) is 79.6 Å². The fourth-order valence-electron chi connectivity index (χ4n) is 6.04. The number of phenolic OH excluding ortho intramolecular Hbond substituents is 1. The number of nitrogens with two attached hydrogens (primary N) is 1. The van der Waals surface area contributed by atoms with Crippen LogP contribution in [-0.4, -0.2) is 54.1 Å². The highest BCUT2D eigenvalue weighted by atomic mass is 32.2. The molecule has 2 heterocycles. The Balaban J connectivity index is 0.979. The number of amides is 2. The summed E-state index contributed by atoms with van der Waals surface area (Å²) in [5.41, 5.74) is 11.4. The van der Waals surface area contributed by atoms with Crippen LogP contribution in [0.2, 0.25) is 0 Å². The first-order valence-corrected chi connectivity index (χ1v) is 19.0. The lowest BCUT2D eigenvalue weighted by molar-refractivity contribution is -0.245. The van der Waals surface area contributed by atoms with Gasteiger partial charge in [0, 0.05) is 37.1 Å². The maximum absolute atomic E-state index is 12.5. The number of ether oxygens (including phenoxy) is 2. The van der Waals surface area contributed by atoms with E-state index in [9.17, 15) is 19.8 Å². The number of para-hydroxylation sites is 2. The quantitative estimate of drug-likeness (QED) is 0.0404. The van der Waals surface area contributed by atoms with Crippen LogP contribution >= 0.6 is 11.8 Å². The third-order valence-corrected chi connectivity index (χ3v) is 10.1. The van der Waals surface area contributed by atoms with Gasteiger partial charge in [0.25, 0.3) is 0 Å². The number of carbonyl (C=O) groups excluding carboxylic acids is 2. The molecular formula is C40H45N7O6S. The highest BCUT2D eigenvalue weighted by molar-refractivity contribution is 7.99. The summed E-state index contributed by atoms with van der Waals surface area (Å²) < 4.78 is 14.6. The van der Waals surface area contributed by atoms with Gasteiger partial charge in [-0.05, 0) is 76.4 Å². The van der Waals surface area contributed by atoms with Crippen molar-refractivity contribution in [1.82, 2.24) is 25.5 Å². The first-order valence-electron chi connectivity index (χ1n) is 18.1. The lowest BCUT2D eigenvalue weighted by Crippen LogP contribution is -2.31. The van der Waals surface area contributed by atoms with Crippen molar-refractivity contribution in [1.29, 1.82) is 0 Å². The highest BCUT2D eigenvalue weighted by Crippen LogP contribution is 2.39. The van der Waals surface area contributed by atoms with Crippen LogP contribution in [0.5, 0.6) is 5.75 Å². The molecule has 2 amide bonds. The van der Waals surface area contributed by atoms with Crippen molar-refractivity contribution in [3.8, 4) is 11.4 Å². The molecule has 282 valence electrons. The lowest BCUT2D eigenvalue weighted by Gasteiger charge is -2.36. The number of hydrogen-bond donors (Lipinski definition) is 5. The van der Waals surface area contributed by atoms with Crippen LogP contribution in [0.3, 0.4) is 0 Å². The molecule has 0 radical (unpaired) electrons. The summed E-state index contributed by atoms with van der Waals surface area (Å²) in [6.07, 6.45) is 3.59. The van der Waals surface area contributed by atoms with E-state index >= 15 is 0 Å². The molecule has 0 aliphatic carbocycles. The zero-order chi connectivity index (χ0) is 37.7. The SMILES string of the molecule is Nc1ccccc1NC(=O)CCCCCCC(=O)NCc1ccc([C@H]2O[C@@H](CSc3nnnn3-c3ccc(O)cc3)C[C@@H](c3ccc(CO)cc3)O2)cc1. The summed E-state index contributed by atoms with van der Waals surface area (Å²) in [6, 6.07) is 29.4. The molecule has 6 rings (SSSR count). The fraction of sp³-hybridized carbons (Fsp3) is 0.325. The zero-order valence-electron chi connectivity index (χ0n) is 29.8. The Morgan fingerprint density at radius 3 is 2.24 bits per heavy atom. The first kappa shape index (κ1) is 38.4. The van der Waals surface area contributed by atoms with Crippen molar-refractivity contribution in [2.24, 2.45) is 0 Å². The molecule has 4 aromatic carbocycles. The second-order valence-corrected chi connectivity index (χ2v) is 14.1. The predicted octanol–water partition coefficient (Wildman–Crippen LogP) is 6.38. The normalized spacial score (nSPS) is 16.9. The van der Waals surface area contributed by atoms with Crippen LogP contribution in [-0.2, 0) is 32.2 Å². The van der Waals surface area contributed by atoms with Crippen molar-refractivity contribution < 1.29 is 29.3 Å². The van der Waals surface area contributed by atoms with Gasteiger partial charge >= 0.3 is 0 Å². The standard InChI is InChI=1S/C40H45N7O6S/c41-34-7-5-6-8-35(34)43-38(51)10-4-2-1-3-9-37(50)42-24-27-11-17-30(18-12-27)39-52-33(23-36(53-39)29-15-13-28(25-48)14-16-29)26-54-40-44-45-46-47(40)31-19-21-32(49)22-20-31/h5-8,11-22,33,36,39,48-49H,1-4,9-10,23-26,41H2,(H,42,50)(H,43,51)/t33-,36+,39+/m1/s1.